The van der Waals surface area contributed by atoms with Crippen LogP contribution in [0, 0.1) is 0 Å². The van der Waals surface area contributed by atoms with Crippen molar-refractivity contribution in [2.24, 2.45) is 0 Å². The highest BCUT2D eigenvalue weighted by Crippen LogP contribution is 2.32. The predicted molar refractivity (Wildman–Crippen MR) is 60.8 cm³/mol. The molecule has 0 aliphatic rings. The zero-order chi connectivity index (χ0) is 9.84. The zero-order valence-electron chi connectivity index (χ0n) is 6.71. The first-order valence-electron chi connectivity index (χ1n) is 3.34. The van der Waals surface area contributed by atoms with Crippen molar-refractivity contribution in [2.75, 3.05) is 7.11 Å². The normalized spacial score (nSPS) is 10.7. The first kappa shape index (κ1) is 10.9. The molecule has 0 amide bonds. The average Bonchev–Trinajstić information content (AvgIpc) is 2.41. The summed E-state index contributed by atoms with van der Waals surface area (Å²) < 4.78 is 6.47. The molecule has 0 saturated heterocycles. The number of ether oxygens (including phenoxy) is 1. The Kier molecular flexibility index (Phi) is 4.15. The van der Waals surface area contributed by atoms with Crippen molar-refractivity contribution in [3.8, 4) is 0 Å². The third kappa shape index (κ3) is 3.25. The lowest BCUT2D eigenvalue weighted by Gasteiger charge is -1.89. The van der Waals surface area contributed by atoms with Gasteiger partial charge in [-0.3, -0.25) is 0 Å². The molecule has 0 aliphatic heterocycles. The van der Waals surface area contributed by atoms with Crippen molar-refractivity contribution in [3.05, 3.63) is 25.3 Å². The quantitative estimate of drug-likeness (QED) is 0.615. The molecular formula is C8H6Br2O2S. The van der Waals surface area contributed by atoms with Crippen LogP contribution in [-0.4, -0.2) is 13.1 Å². The lowest BCUT2D eigenvalue weighted by atomic mass is 10.3. The molecule has 1 aromatic rings. The fraction of sp³-hybridized carbons (Fsp3) is 0.125. The highest BCUT2D eigenvalue weighted by molar-refractivity contribution is 9.12. The highest BCUT2D eigenvalue weighted by Gasteiger charge is 2.02. The Labute approximate surface area is 96.9 Å². The van der Waals surface area contributed by atoms with E-state index in [2.05, 4.69) is 36.6 Å². The third-order valence-electron chi connectivity index (χ3n) is 1.28. The van der Waals surface area contributed by atoms with E-state index in [4.69, 9.17) is 0 Å². The molecule has 0 N–H and O–H groups in total. The van der Waals surface area contributed by atoms with E-state index < -0.39 is 0 Å². The van der Waals surface area contributed by atoms with Crippen LogP contribution < -0.4 is 0 Å². The Bertz CT molecular complexity index is 344. The summed E-state index contributed by atoms with van der Waals surface area (Å²) in [5, 5.41) is 0. The monoisotopic (exact) mass is 324 g/mol. The zero-order valence-corrected chi connectivity index (χ0v) is 10.7. The molecule has 0 atom stereocenters. The second-order valence-corrected chi connectivity index (χ2v) is 5.89. The largest absolute Gasteiger partial charge is 0.466 e. The standard InChI is InChI=1S/C8H6Br2O2S/c1-12-7(11)3-2-5-4-6(9)13-8(5)10/h2-4H,1H3. The average molecular weight is 326 g/mol. The lowest BCUT2D eigenvalue weighted by molar-refractivity contribution is -0.134. The van der Waals surface area contributed by atoms with Crippen LogP contribution in [-0.2, 0) is 9.53 Å². The van der Waals surface area contributed by atoms with Gasteiger partial charge in [0, 0.05) is 11.6 Å². The molecule has 70 valence electrons. The van der Waals surface area contributed by atoms with Gasteiger partial charge in [0.15, 0.2) is 0 Å². The van der Waals surface area contributed by atoms with Crippen molar-refractivity contribution >= 4 is 55.2 Å². The first-order chi connectivity index (χ1) is 6.13. The second-order valence-electron chi connectivity index (χ2n) is 2.14. The summed E-state index contributed by atoms with van der Waals surface area (Å²) >= 11 is 8.28. The van der Waals surface area contributed by atoms with Gasteiger partial charge in [-0.2, -0.15) is 0 Å². The lowest BCUT2D eigenvalue weighted by Crippen LogP contribution is -1.92. The van der Waals surface area contributed by atoms with Crippen LogP contribution in [0.2, 0.25) is 0 Å². The molecule has 0 aliphatic carbocycles. The van der Waals surface area contributed by atoms with Gasteiger partial charge < -0.3 is 4.74 Å². The van der Waals surface area contributed by atoms with E-state index >= 15 is 0 Å². The Morgan fingerprint density at radius 2 is 2.31 bits per heavy atom. The van der Waals surface area contributed by atoms with Gasteiger partial charge in [0.2, 0.25) is 0 Å². The fourth-order valence-electron chi connectivity index (χ4n) is 0.692. The number of carbonyl (C=O) groups is 1. The van der Waals surface area contributed by atoms with E-state index in [1.165, 1.54) is 13.2 Å². The van der Waals surface area contributed by atoms with Crippen molar-refractivity contribution in [1.82, 2.24) is 0 Å². The molecule has 0 aromatic carbocycles. The first-order valence-corrected chi connectivity index (χ1v) is 5.74. The molecule has 0 fully saturated rings. The van der Waals surface area contributed by atoms with Crippen molar-refractivity contribution < 1.29 is 9.53 Å². The summed E-state index contributed by atoms with van der Waals surface area (Å²) in [7, 11) is 1.35. The van der Waals surface area contributed by atoms with Crippen LogP contribution in [0.4, 0.5) is 0 Å². The predicted octanol–water partition coefficient (Wildman–Crippen LogP) is 3.46. The minimum absolute atomic E-state index is 0.353. The fourth-order valence-corrected chi connectivity index (χ4v) is 3.45. The van der Waals surface area contributed by atoms with Crippen molar-refractivity contribution in [3.63, 3.8) is 0 Å². The Morgan fingerprint density at radius 1 is 1.62 bits per heavy atom. The van der Waals surface area contributed by atoms with Gasteiger partial charge in [-0.1, -0.05) is 0 Å². The van der Waals surface area contributed by atoms with Crippen LogP contribution in [0.25, 0.3) is 6.08 Å². The molecule has 0 radical (unpaired) electrons. The summed E-state index contributed by atoms with van der Waals surface area (Å²) in [6.07, 6.45) is 3.09. The molecule has 5 heteroatoms. The van der Waals surface area contributed by atoms with Crippen LogP contribution in [0.3, 0.4) is 0 Å². The maximum absolute atomic E-state index is 10.8. The van der Waals surface area contributed by atoms with Gasteiger partial charge in [-0.15, -0.1) is 11.3 Å². The SMILES string of the molecule is COC(=O)C=Cc1cc(Br)sc1Br. The number of rotatable bonds is 2. The Balaban J connectivity index is 2.79. The highest BCUT2D eigenvalue weighted by atomic mass is 79.9. The maximum Gasteiger partial charge on any atom is 0.330 e. The molecule has 0 bridgehead atoms. The molecule has 1 rings (SSSR count). The summed E-state index contributed by atoms with van der Waals surface area (Å²) in [5.74, 6) is -0.353. The van der Waals surface area contributed by atoms with Gasteiger partial charge in [0.25, 0.3) is 0 Å². The van der Waals surface area contributed by atoms with Crippen LogP contribution in [0.1, 0.15) is 5.56 Å². The van der Waals surface area contributed by atoms with Crippen LogP contribution in [0.15, 0.2) is 19.7 Å². The minimum atomic E-state index is -0.353. The summed E-state index contributed by atoms with van der Waals surface area (Å²) in [4.78, 5) is 10.8. The summed E-state index contributed by atoms with van der Waals surface area (Å²) in [5.41, 5.74) is 0.960. The number of hydrogen-bond donors (Lipinski definition) is 0. The second kappa shape index (κ2) is 4.93. The smallest absolute Gasteiger partial charge is 0.330 e. The number of methoxy groups -OCH3 is 1. The number of esters is 1. The van der Waals surface area contributed by atoms with Gasteiger partial charge in [0.05, 0.1) is 14.7 Å². The number of hydrogen-bond acceptors (Lipinski definition) is 3. The summed E-state index contributed by atoms with van der Waals surface area (Å²) in [6.45, 7) is 0. The van der Waals surface area contributed by atoms with Gasteiger partial charge >= 0.3 is 5.97 Å². The van der Waals surface area contributed by atoms with E-state index in [1.54, 1.807) is 17.4 Å². The number of carbonyl (C=O) groups excluding carboxylic acids is 1. The van der Waals surface area contributed by atoms with Gasteiger partial charge in [-0.05, 0) is 44.0 Å². The molecule has 13 heavy (non-hydrogen) atoms. The van der Waals surface area contributed by atoms with Gasteiger partial charge in [-0.25, -0.2) is 4.79 Å². The van der Waals surface area contributed by atoms with E-state index in [1.807, 2.05) is 6.07 Å². The Hall–Kier alpha value is -0.130. The molecule has 0 spiro atoms. The number of thiophene rings is 1. The van der Waals surface area contributed by atoms with E-state index in [-0.39, 0.29) is 5.97 Å². The van der Waals surface area contributed by atoms with E-state index in [0.29, 0.717) is 0 Å². The van der Waals surface area contributed by atoms with E-state index in [0.717, 1.165) is 13.1 Å². The van der Waals surface area contributed by atoms with Crippen molar-refractivity contribution in [1.29, 1.82) is 0 Å². The maximum atomic E-state index is 10.8. The minimum Gasteiger partial charge on any atom is -0.466 e. The molecule has 2 nitrogen and oxygen atoms in total. The summed E-state index contributed by atoms with van der Waals surface area (Å²) in [6, 6.07) is 1.92. The molecular weight excluding hydrogens is 320 g/mol. The third-order valence-corrected chi connectivity index (χ3v) is 3.67. The Morgan fingerprint density at radius 3 is 2.77 bits per heavy atom. The topological polar surface area (TPSA) is 26.3 Å². The van der Waals surface area contributed by atoms with Crippen LogP contribution in [0.5, 0.6) is 0 Å². The van der Waals surface area contributed by atoms with E-state index in [9.17, 15) is 4.79 Å². The van der Waals surface area contributed by atoms with Crippen molar-refractivity contribution in [2.45, 2.75) is 0 Å². The molecule has 1 heterocycles. The van der Waals surface area contributed by atoms with Crippen LogP contribution >= 0.6 is 43.2 Å². The number of halogens is 2. The van der Waals surface area contributed by atoms with Gasteiger partial charge in [0.1, 0.15) is 0 Å². The molecule has 1 aromatic heterocycles. The molecule has 0 saturated carbocycles. The molecule has 0 unspecified atom stereocenters.